The summed E-state index contributed by atoms with van der Waals surface area (Å²) in [6.45, 7) is 5.80. The van der Waals surface area contributed by atoms with Gasteiger partial charge in [0.25, 0.3) is 0 Å². The van der Waals surface area contributed by atoms with Crippen molar-refractivity contribution in [3.05, 3.63) is 59.5 Å². The van der Waals surface area contributed by atoms with Crippen LogP contribution in [0.1, 0.15) is 36.1 Å². The van der Waals surface area contributed by atoms with Gasteiger partial charge in [0.2, 0.25) is 11.8 Å². The second-order valence-electron chi connectivity index (χ2n) is 8.36. The highest BCUT2D eigenvalue weighted by molar-refractivity contribution is 5.79. The number of methoxy groups -OCH3 is 2. The maximum atomic E-state index is 13.4. The minimum Gasteiger partial charge on any atom is -0.497 e. The number of hydrogen-bond donors (Lipinski definition) is 0. The van der Waals surface area contributed by atoms with Crippen molar-refractivity contribution in [3.63, 3.8) is 0 Å². The average Bonchev–Trinajstić information content (AvgIpc) is 3.27. The third-order valence-electron chi connectivity index (χ3n) is 6.35. The van der Waals surface area contributed by atoms with Gasteiger partial charge in [-0.15, -0.1) is 0 Å². The molecule has 1 fully saturated rings. The smallest absolute Gasteiger partial charge is 0.223 e. The predicted molar refractivity (Wildman–Crippen MR) is 125 cm³/mol. The van der Waals surface area contributed by atoms with Crippen LogP contribution in [-0.4, -0.2) is 71.4 Å². The Morgan fingerprint density at radius 3 is 2.27 bits per heavy atom. The Morgan fingerprint density at radius 2 is 1.67 bits per heavy atom. The Labute approximate surface area is 193 Å². The Bertz CT molecular complexity index is 1140. The van der Waals surface area contributed by atoms with Gasteiger partial charge in [-0.25, -0.2) is 4.98 Å². The van der Waals surface area contributed by atoms with Crippen LogP contribution in [0.3, 0.4) is 0 Å². The molecule has 3 heterocycles. The van der Waals surface area contributed by atoms with Gasteiger partial charge in [0.05, 0.1) is 19.9 Å². The van der Waals surface area contributed by atoms with Gasteiger partial charge in [0, 0.05) is 63.9 Å². The van der Waals surface area contributed by atoms with Crippen molar-refractivity contribution < 1.29 is 19.1 Å². The van der Waals surface area contributed by atoms with E-state index in [0.29, 0.717) is 37.7 Å². The van der Waals surface area contributed by atoms with Crippen LogP contribution in [0.15, 0.2) is 42.7 Å². The van der Waals surface area contributed by atoms with Crippen molar-refractivity contribution in [2.75, 3.05) is 40.4 Å². The van der Waals surface area contributed by atoms with Gasteiger partial charge in [-0.2, -0.15) is 0 Å². The third kappa shape index (κ3) is 4.65. The molecule has 1 aliphatic heterocycles. The molecule has 174 valence electrons. The Kier molecular flexibility index (Phi) is 6.53. The molecule has 4 rings (SSSR count). The number of pyridine rings is 1. The summed E-state index contributed by atoms with van der Waals surface area (Å²) < 4.78 is 13.0. The highest BCUT2D eigenvalue weighted by Gasteiger charge is 2.28. The number of hydrogen-bond acceptors (Lipinski definition) is 5. The summed E-state index contributed by atoms with van der Waals surface area (Å²) in [7, 11) is 3.23. The molecule has 0 spiro atoms. The topological polar surface area (TPSA) is 76.4 Å². The van der Waals surface area contributed by atoms with Crippen molar-refractivity contribution in [3.8, 4) is 11.5 Å². The van der Waals surface area contributed by atoms with Crippen LogP contribution in [0.5, 0.6) is 11.5 Å². The van der Waals surface area contributed by atoms with Crippen LogP contribution in [0.25, 0.3) is 5.65 Å². The van der Waals surface area contributed by atoms with Crippen molar-refractivity contribution in [1.82, 2.24) is 19.2 Å². The van der Waals surface area contributed by atoms with Gasteiger partial charge in [-0.3, -0.25) is 9.59 Å². The standard InChI is InChI=1S/C25H30N4O4/c1-17-6-5-7-29-23(16-26-25(17)29)22(19-12-20(32-3)14-21(13-19)33-4)15-24(31)28-10-8-27(9-11-28)18(2)30/h5-7,12-14,16,22H,8-11,15H2,1-4H3. The van der Waals surface area contributed by atoms with Crippen molar-refractivity contribution in [2.24, 2.45) is 0 Å². The summed E-state index contributed by atoms with van der Waals surface area (Å²) in [5.41, 5.74) is 3.79. The van der Waals surface area contributed by atoms with Crippen LogP contribution in [-0.2, 0) is 9.59 Å². The minimum absolute atomic E-state index is 0.0459. The molecule has 8 heteroatoms. The summed E-state index contributed by atoms with van der Waals surface area (Å²) in [6.07, 6.45) is 4.10. The van der Waals surface area contributed by atoms with Crippen LogP contribution in [0.2, 0.25) is 0 Å². The zero-order valence-corrected chi connectivity index (χ0v) is 19.6. The lowest BCUT2D eigenvalue weighted by Crippen LogP contribution is -2.50. The zero-order valence-electron chi connectivity index (χ0n) is 19.6. The summed E-state index contributed by atoms with van der Waals surface area (Å²) in [5.74, 6) is 1.19. The molecule has 1 atom stereocenters. The second kappa shape index (κ2) is 9.52. The van der Waals surface area contributed by atoms with Gasteiger partial charge in [-0.05, 0) is 36.2 Å². The maximum Gasteiger partial charge on any atom is 0.223 e. The number of fused-ring (bicyclic) bond motifs is 1. The minimum atomic E-state index is -0.246. The Hall–Kier alpha value is -3.55. The summed E-state index contributed by atoms with van der Waals surface area (Å²) in [6, 6.07) is 9.73. The lowest BCUT2D eigenvalue weighted by Gasteiger charge is -2.35. The first kappa shape index (κ1) is 22.6. The number of ether oxygens (including phenoxy) is 2. The molecule has 1 unspecified atom stereocenters. The van der Waals surface area contributed by atoms with E-state index in [-0.39, 0.29) is 24.2 Å². The highest BCUT2D eigenvalue weighted by Crippen LogP contribution is 2.35. The number of rotatable bonds is 6. The summed E-state index contributed by atoms with van der Waals surface area (Å²) in [5, 5.41) is 0. The third-order valence-corrected chi connectivity index (χ3v) is 6.35. The molecule has 0 bridgehead atoms. The van der Waals surface area contributed by atoms with E-state index >= 15 is 0 Å². The van der Waals surface area contributed by atoms with E-state index in [4.69, 9.17) is 9.47 Å². The van der Waals surface area contributed by atoms with E-state index in [1.165, 1.54) is 0 Å². The van der Waals surface area contributed by atoms with Crippen LogP contribution >= 0.6 is 0 Å². The fraction of sp³-hybridized carbons (Fsp3) is 0.400. The molecule has 1 aliphatic rings. The number of carbonyl (C=O) groups excluding carboxylic acids is 2. The largest absolute Gasteiger partial charge is 0.497 e. The first-order valence-corrected chi connectivity index (χ1v) is 11.1. The SMILES string of the molecule is COc1cc(OC)cc(C(CC(=O)N2CCN(C(C)=O)CC2)c2cnc3c(C)cccn23)c1. The molecule has 0 radical (unpaired) electrons. The first-order valence-electron chi connectivity index (χ1n) is 11.1. The molecule has 0 saturated carbocycles. The van der Waals surface area contributed by atoms with Gasteiger partial charge in [0.15, 0.2) is 0 Å². The summed E-state index contributed by atoms with van der Waals surface area (Å²) in [4.78, 5) is 33.3. The number of piperazine rings is 1. The molecule has 3 aromatic rings. The number of amides is 2. The predicted octanol–water partition coefficient (Wildman–Crippen LogP) is 2.87. The van der Waals surface area contributed by atoms with E-state index in [0.717, 1.165) is 22.5 Å². The normalized spacial score (nSPS) is 14.9. The fourth-order valence-corrected chi connectivity index (χ4v) is 4.43. The zero-order chi connectivity index (χ0) is 23.5. The van der Waals surface area contributed by atoms with E-state index in [1.807, 2.05) is 58.9 Å². The molecular formula is C25H30N4O4. The van der Waals surface area contributed by atoms with Crippen LogP contribution in [0.4, 0.5) is 0 Å². The van der Waals surface area contributed by atoms with Gasteiger partial charge < -0.3 is 23.7 Å². The molecule has 2 amide bonds. The van der Waals surface area contributed by atoms with Crippen LogP contribution in [0, 0.1) is 6.92 Å². The number of benzene rings is 1. The molecule has 0 aliphatic carbocycles. The second-order valence-corrected chi connectivity index (χ2v) is 8.36. The van der Waals surface area contributed by atoms with Crippen molar-refractivity contribution >= 4 is 17.5 Å². The van der Waals surface area contributed by atoms with Gasteiger partial charge in [-0.1, -0.05) is 6.07 Å². The Balaban J connectivity index is 1.70. The number of aromatic nitrogens is 2. The molecule has 2 aromatic heterocycles. The number of aryl methyl sites for hydroxylation is 1. The lowest BCUT2D eigenvalue weighted by atomic mass is 9.91. The van der Waals surface area contributed by atoms with E-state index in [1.54, 1.807) is 26.0 Å². The van der Waals surface area contributed by atoms with Crippen LogP contribution < -0.4 is 9.47 Å². The quantitative estimate of drug-likeness (QED) is 0.577. The van der Waals surface area contributed by atoms with Gasteiger partial charge in [0.1, 0.15) is 17.1 Å². The van der Waals surface area contributed by atoms with E-state index in [9.17, 15) is 9.59 Å². The molecular weight excluding hydrogens is 420 g/mol. The lowest BCUT2D eigenvalue weighted by molar-refractivity contribution is -0.138. The molecule has 0 N–H and O–H groups in total. The van der Waals surface area contributed by atoms with Gasteiger partial charge >= 0.3 is 0 Å². The Morgan fingerprint density at radius 1 is 1.03 bits per heavy atom. The molecule has 1 aromatic carbocycles. The van der Waals surface area contributed by atoms with Crippen molar-refractivity contribution in [1.29, 1.82) is 0 Å². The van der Waals surface area contributed by atoms with E-state index < -0.39 is 0 Å². The van der Waals surface area contributed by atoms with E-state index in [2.05, 4.69) is 4.98 Å². The first-order chi connectivity index (χ1) is 15.9. The van der Waals surface area contributed by atoms with Crippen molar-refractivity contribution in [2.45, 2.75) is 26.2 Å². The fourth-order valence-electron chi connectivity index (χ4n) is 4.43. The molecule has 33 heavy (non-hydrogen) atoms. The maximum absolute atomic E-state index is 13.4. The molecule has 8 nitrogen and oxygen atoms in total. The number of nitrogens with zero attached hydrogens (tertiary/aromatic N) is 4. The monoisotopic (exact) mass is 450 g/mol. The molecule has 1 saturated heterocycles. The number of carbonyl (C=O) groups is 2. The summed E-state index contributed by atoms with van der Waals surface area (Å²) >= 11 is 0. The highest BCUT2D eigenvalue weighted by atomic mass is 16.5. The number of imidazole rings is 1. The average molecular weight is 451 g/mol.